The number of nitrogens with zero attached hydrogens (tertiary/aromatic N) is 2. The molecular weight excluding hydrogens is 226 g/mol. The van der Waals surface area contributed by atoms with Crippen LogP contribution in [0, 0.1) is 11.3 Å². The van der Waals surface area contributed by atoms with Gasteiger partial charge in [0.05, 0.1) is 17.9 Å². The number of rotatable bonds is 4. The van der Waals surface area contributed by atoms with Crippen molar-refractivity contribution in [3.05, 3.63) is 30.0 Å². The van der Waals surface area contributed by atoms with Crippen LogP contribution in [0.15, 0.2) is 24.4 Å². The van der Waals surface area contributed by atoms with Crippen molar-refractivity contribution >= 4 is 16.6 Å². The lowest BCUT2D eigenvalue weighted by molar-refractivity contribution is 0.343. The Hall–Kier alpha value is -2.28. The molecule has 0 unspecified atom stereocenters. The van der Waals surface area contributed by atoms with Crippen LogP contribution in [0.5, 0.6) is 5.75 Å². The Labute approximate surface area is 106 Å². The lowest BCUT2D eigenvalue weighted by Gasteiger charge is -2.12. The normalized spacial score (nSPS) is 10.1. The molecule has 92 valence electrons. The summed E-state index contributed by atoms with van der Waals surface area (Å²) >= 11 is 0. The molecule has 1 aromatic heterocycles. The molecule has 1 heterocycles. The van der Waals surface area contributed by atoms with Crippen LogP contribution in [0.1, 0.15) is 19.4 Å². The minimum atomic E-state index is 0.554. The zero-order chi connectivity index (χ0) is 13.0. The molecule has 0 spiro atoms. The summed E-state index contributed by atoms with van der Waals surface area (Å²) in [5, 5.41) is 13.3. The zero-order valence-electron chi connectivity index (χ0n) is 10.5. The Kier molecular flexibility index (Phi) is 3.63. The zero-order valence-corrected chi connectivity index (χ0v) is 10.5. The number of ether oxygens (including phenoxy) is 1. The van der Waals surface area contributed by atoms with E-state index in [4.69, 9.17) is 10.00 Å². The van der Waals surface area contributed by atoms with Crippen LogP contribution < -0.4 is 10.1 Å². The summed E-state index contributed by atoms with van der Waals surface area (Å²) < 4.78 is 5.55. The van der Waals surface area contributed by atoms with Gasteiger partial charge in [-0.2, -0.15) is 5.26 Å². The van der Waals surface area contributed by atoms with Gasteiger partial charge < -0.3 is 10.1 Å². The van der Waals surface area contributed by atoms with Gasteiger partial charge in [0.1, 0.15) is 17.3 Å². The first-order valence-electron chi connectivity index (χ1n) is 6.00. The van der Waals surface area contributed by atoms with Crippen molar-refractivity contribution in [2.75, 3.05) is 18.5 Å². The molecule has 0 fully saturated rings. The molecule has 0 aliphatic rings. The molecule has 1 aromatic carbocycles. The number of pyridine rings is 1. The maximum atomic E-state index is 9.12. The highest BCUT2D eigenvalue weighted by Crippen LogP contribution is 2.31. The second-order valence-corrected chi connectivity index (χ2v) is 3.77. The average molecular weight is 241 g/mol. The highest BCUT2D eigenvalue weighted by Gasteiger charge is 2.11. The summed E-state index contributed by atoms with van der Waals surface area (Å²) in [5.74, 6) is 0.749. The SMILES string of the molecule is CCNc1c(C#N)cnc2c(OCC)cccc12. The van der Waals surface area contributed by atoms with E-state index >= 15 is 0 Å². The molecule has 4 heteroatoms. The highest BCUT2D eigenvalue weighted by atomic mass is 16.5. The number of anilines is 1. The Morgan fingerprint density at radius 1 is 1.39 bits per heavy atom. The minimum absolute atomic E-state index is 0.554. The van der Waals surface area contributed by atoms with Gasteiger partial charge in [0, 0.05) is 18.1 Å². The second kappa shape index (κ2) is 5.37. The molecule has 0 bridgehead atoms. The average Bonchev–Trinajstić information content (AvgIpc) is 2.40. The maximum Gasteiger partial charge on any atom is 0.145 e. The molecule has 4 nitrogen and oxygen atoms in total. The summed E-state index contributed by atoms with van der Waals surface area (Å²) in [4.78, 5) is 4.33. The van der Waals surface area contributed by atoms with Crippen molar-refractivity contribution in [1.29, 1.82) is 5.26 Å². The van der Waals surface area contributed by atoms with Gasteiger partial charge in [0.2, 0.25) is 0 Å². The third-order valence-electron chi connectivity index (χ3n) is 2.63. The third kappa shape index (κ3) is 2.07. The standard InChI is InChI=1S/C14H15N3O/c1-3-16-13-10(8-15)9-17-14-11(13)6-5-7-12(14)18-4-2/h5-7,9H,3-4H2,1-2H3,(H,16,17). The Bertz CT molecular complexity index is 602. The molecule has 0 aliphatic heterocycles. The number of fused-ring (bicyclic) bond motifs is 1. The summed E-state index contributed by atoms with van der Waals surface area (Å²) in [5.41, 5.74) is 2.17. The summed E-state index contributed by atoms with van der Waals surface area (Å²) in [6.45, 7) is 5.29. The monoisotopic (exact) mass is 241 g/mol. The van der Waals surface area contributed by atoms with Crippen molar-refractivity contribution in [2.45, 2.75) is 13.8 Å². The smallest absolute Gasteiger partial charge is 0.145 e. The van der Waals surface area contributed by atoms with Crippen LogP contribution in [0.2, 0.25) is 0 Å². The topological polar surface area (TPSA) is 57.9 Å². The molecular formula is C14H15N3O. The first kappa shape index (κ1) is 12.2. The predicted molar refractivity (Wildman–Crippen MR) is 71.8 cm³/mol. The molecule has 2 rings (SSSR count). The minimum Gasteiger partial charge on any atom is -0.492 e. The molecule has 0 aliphatic carbocycles. The van der Waals surface area contributed by atoms with Crippen LogP contribution >= 0.6 is 0 Å². The number of para-hydroxylation sites is 1. The van der Waals surface area contributed by atoms with Crippen molar-refractivity contribution in [3.63, 3.8) is 0 Å². The fourth-order valence-electron chi connectivity index (χ4n) is 1.92. The van der Waals surface area contributed by atoms with Crippen LogP contribution in [0.25, 0.3) is 10.9 Å². The predicted octanol–water partition coefficient (Wildman–Crippen LogP) is 2.94. The van der Waals surface area contributed by atoms with Gasteiger partial charge in [-0.05, 0) is 19.9 Å². The van der Waals surface area contributed by atoms with Gasteiger partial charge in [0.15, 0.2) is 0 Å². The van der Waals surface area contributed by atoms with Gasteiger partial charge in [-0.3, -0.25) is 4.98 Å². The first-order chi connectivity index (χ1) is 8.81. The van der Waals surface area contributed by atoms with Gasteiger partial charge in [-0.1, -0.05) is 12.1 Å². The van der Waals surface area contributed by atoms with Gasteiger partial charge in [-0.15, -0.1) is 0 Å². The van der Waals surface area contributed by atoms with E-state index in [1.807, 2.05) is 32.0 Å². The van der Waals surface area contributed by atoms with E-state index < -0.39 is 0 Å². The molecule has 0 amide bonds. The van der Waals surface area contributed by atoms with E-state index in [1.165, 1.54) is 0 Å². The lowest BCUT2D eigenvalue weighted by Crippen LogP contribution is -2.02. The van der Waals surface area contributed by atoms with E-state index in [1.54, 1.807) is 6.20 Å². The van der Waals surface area contributed by atoms with Gasteiger partial charge in [0.25, 0.3) is 0 Å². The third-order valence-corrected chi connectivity index (χ3v) is 2.63. The number of nitriles is 1. The van der Waals surface area contributed by atoms with Crippen LogP contribution in [0.4, 0.5) is 5.69 Å². The Morgan fingerprint density at radius 2 is 2.22 bits per heavy atom. The summed E-state index contributed by atoms with van der Waals surface area (Å²) in [7, 11) is 0. The Balaban J connectivity index is 2.70. The van der Waals surface area contributed by atoms with Gasteiger partial charge in [-0.25, -0.2) is 0 Å². The van der Waals surface area contributed by atoms with Crippen molar-refractivity contribution in [2.24, 2.45) is 0 Å². The van der Waals surface area contributed by atoms with Crippen molar-refractivity contribution in [1.82, 2.24) is 4.98 Å². The van der Waals surface area contributed by atoms with E-state index in [9.17, 15) is 0 Å². The second-order valence-electron chi connectivity index (χ2n) is 3.77. The molecule has 18 heavy (non-hydrogen) atoms. The fourth-order valence-corrected chi connectivity index (χ4v) is 1.92. The lowest BCUT2D eigenvalue weighted by atomic mass is 10.1. The van der Waals surface area contributed by atoms with E-state index in [0.717, 1.165) is 28.9 Å². The van der Waals surface area contributed by atoms with Gasteiger partial charge >= 0.3 is 0 Å². The number of aromatic nitrogens is 1. The number of hydrogen-bond acceptors (Lipinski definition) is 4. The molecule has 0 saturated heterocycles. The Morgan fingerprint density at radius 3 is 2.89 bits per heavy atom. The first-order valence-corrected chi connectivity index (χ1v) is 6.00. The molecule has 0 saturated carbocycles. The van der Waals surface area contributed by atoms with E-state index in [2.05, 4.69) is 16.4 Å². The summed E-state index contributed by atoms with van der Waals surface area (Å²) in [6, 6.07) is 7.91. The fraction of sp³-hybridized carbons (Fsp3) is 0.286. The molecule has 0 atom stereocenters. The molecule has 0 radical (unpaired) electrons. The number of hydrogen-bond donors (Lipinski definition) is 1. The van der Waals surface area contributed by atoms with Crippen LogP contribution in [-0.2, 0) is 0 Å². The largest absolute Gasteiger partial charge is 0.492 e. The van der Waals surface area contributed by atoms with Crippen LogP contribution in [0.3, 0.4) is 0 Å². The highest BCUT2D eigenvalue weighted by molar-refractivity contribution is 5.97. The molecule has 1 N–H and O–H groups in total. The van der Waals surface area contributed by atoms with Crippen LogP contribution in [-0.4, -0.2) is 18.1 Å². The quantitative estimate of drug-likeness (QED) is 0.894. The maximum absolute atomic E-state index is 9.12. The number of nitrogens with one attached hydrogen (secondary N) is 1. The van der Waals surface area contributed by atoms with Crippen molar-refractivity contribution in [3.8, 4) is 11.8 Å². The molecule has 2 aromatic rings. The van der Waals surface area contributed by atoms with Crippen molar-refractivity contribution < 1.29 is 4.74 Å². The van der Waals surface area contributed by atoms with E-state index in [0.29, 0.717) is 12.2 Å². The summed E-state index contributed by atoms with van der Waals surface area (Å²) in [6.07, 6.45) is 1.59. The van der Waals surface area contributed by atoms with E-state index in [-0.39, 0.29) is 0 Å². The number of benzene rings is 1.